The first kappa shape index (κ1) is 17.4. The average Bonchev–Trinajstić information content (AvgIpc) is 3.10. The number of halogens is 1. The van der Waals surface area contributed by atoms with Crippen molar-refractivity contribution in [1.29, 1.82) is 0 Å². The molecular formula is C19H23ClN4O2. The molecule has 1 saturated heterocycles. The van der Waals surface area contributed by atoms with E-state index in [0.29, 0.717) is 17.3 Å². The van der Waals surface area contributed by atoms with Gasteiger partial charge in [-0.1, -0.05) is 35.9 Å². The van der Waals surface area contributed by atoms with Gasteiger partial charge < -0.3 is 15.4 Å². The molecule has 2 aromatic rings. The molecule has 26 heavy (non-hydrogen) atoms. The number of aryl methyl sites for hydroxylation is 1. The van der Waals surface area contributed by atoms with Crippen LogP contribution in [0.3, 0.4) is 0 Å². The third-order valence-electron chi connectivity index (χ3n) is 5.56. The average molecular weight is 375 g/mol. The molecule has 1 spiro atoms. The monoisotopic (exact) mass is 374 g/mol. The number of hydrogen-bond donors (Lipinski definition) is 2. The number of fused-ring (bicyclic) bond motifs is 1. The number of carbonyl (C=O) groups excluding carboxylic acids is 1. The van der Waals surface area contributed by atoms with Crippen LogP contribution in [-0.2, 0) is 24.8 Å². The van der Waals surface area contributed by atoms with E-state index in [-0.39, 0.29) is 17.5 Å². The van der Waals surface area contributed by atoms with Crippen molar-refractivity contribution in [2.45, 2.75) is 31.8 Å². The van der Waals surface area contributed by atoms with Crippen LogP contribution in [0, 0.1) is 5.41 Å². The summed E-state index contributed by atoms with van der Waals surface area (Å²) >= 11 is 6.11. The Balaban J connectivity index is 1.49. The van der Waals surface area contributed by atoms with Gasteiger partial charge in [0.1, 0.15) is 5.69 Å². The summed E-state index contributed by atoms with van der Waals surface area (Å²) in [4.78, 5) is 12.6. The minimum absolute atomic E-state index is 0.00167. The van der Waals surface area contributed by atoms with Crippen LogP contribution in [-0.4, -0.2) is 29.0 Å². The topological polar surface area (TPSA) is 68.2 Å². The molecule has 2 heterocycles. The molecule has 2 N–H and O–H groups in total. The first-order valence-electron chi connectivity index (χ1n) is 8.95. The van der Waals surface area contributed by atoms with Crippen LogP contribution in [0.5, 0.6) is 0 Å². The zero-order chi connectivity index (χ0) is 18.1. The molecule has 6 nitrogen and oxygen atoms in total. The predicted octanol–water partition coefficient (Wildman–Crippen LogP) is 2.97. The number of ether oxygens (including phenoxy) is 1. The Labute approximate surface area is 157 Å². The van der Waals surface area contributed by atoms with E-state index in [1.807, 2.05) is 6.07 Å². The van der Waals surface area contributed by atoms with Crippen LogP contribution in [0.4, 0.5) is 4.79 Å². The van der Waals surface area contributed by atoms with E-state index < -0.39 is 0 Å². The number of nitrogens with zero attached hydrogens (tertiary/aromatic N) is 2. The lowest BCUT2D eigenvalue weighted by Crippen LogP contribution is -2.45. The largest absolute Gasteiger partial charge is 0.381 e. The van der Waals surface area contributed by atoms with Crippen molar-refractivity contribution in [3.8, 4) is 0 Å². The zero-order valence-corrected chi connectivity index (χ0v) is 15.6. The summed E-state index contributed by atoms with van der Waals surface area (Å²) in [6.07, 6.45) is 4.63. The number of carbonyl (C=O) groups is 1. The van der Waals surface area contributed by atoms with E-state index in [1.54, 1.807) is 17.9 Å². The van der Waals surface area contributed by atoms with E-state index in [1.165, 1.54) is 11.1 Å². The lowest BCUT2D eigenvalue weighted by molar-refractivity contribution is 0.00213. The van der Waals surface area contributed by atoms with E-state index in [9.17, 15) is 4.79 Å². The smallest absolute Gasteiger partial charge is 0.315 e. The highest BCUT2D eigenvalue weighted by Crippen LogP contribution is 2.51. The SMILES string of the molecule is Cn1cc(Cl)c(CNC(=O)NC2c3ccccc3CC23CCOCC3)n1. The van der Waals surface area contributed by atoms with Gasteiger partial charge in [-0.25, -0.2) is 4.79 Å². The Kier molecular flexibility index (Phi) is 4.63. The number of rotatable bonds is 3. The molecule has 2 aliphatic rings. The first-order valence-corrected chi connectivity index (χ1v) is 9.33. The van der Waals surface area contributed by atoms with Gasteiger partial charge >= 0.3 is 6.03 Å². The van der Waals surface area contributed by atoms with Crippen LogP contribution in [0.1, 0.15) is 35.7 Å². The molecule has 138 valence electrons. The minimum Gasteiger partial charge on any atom is -0.381 e. The lowest BCUT2D eigenvalue weighted by atomic mass is 9.74. The molecule has 2 amide bonds. The maximum absolute atomic E-state index is 12.6. The molecule has 1 unspecified atom stereocenters. The third-order valence-corrected chi connectivity index (χ3v) is 5.87. The van der Waals surface area contributed by atoms with Gasteiger partial charge in [-0.2, -0.15) is 5.10 Å². The number of aromatic nitrogens is 2. The summed E-state index contributed by atoms with van der Waals surface area (Å²) in [7, 11) is 1.81. The number of nitrogens with one attached hydrogen (secondary N) is 2. The summed E-state index contributed by atoms with van der Waals surface area (Å²) in [6, 6.07) is 8.20. The second-order valence-corrected chi connectivity index (χ2v) is 7.61. The summed E-state index contributed by atoms with van der Waals surface area (Å²) in [5, 5.41) is 10.9. The zero-order valence-electron chi connectivity index (χ0n) is 14.8. The van der Waals surface area contributed by atoms with Crippen molar-refractivity contribution in [2.75, 3.05) is 13.2 Å². The van der Waals surface area contributed by atoms with Gasteiger partial charge in [-0.3, -0.25) is 4.68 Å². The van der Waals surface area contributed by atoms with Gasteiger partial charge in [0.25, 0.3) is 0 Å². The van der Waals surface area contributed by atoms with Gasteiger partial charge in [0.05, 0.1) is 17.6 Å². The molecule has 1 aromatic heterocycles. The Morgan fingerprint density at radius 2 is 2.15 bits per heavy atom. The van der Waals surface area contributed by atoms with Crippen molar-refractivity contribution >= 4 is 17.6 Å². The Hall–Kier alpha value is -2.05. The Morgan fingerprint density at radius 1 is 1.38 bits per heavy atom. The van der Waals surface area contributed by atoms with Crippen molar-refractivity contribution in [3.05, 3.63) is 52.3 Å². The first-order chi connectivity index (χ1) is 12.6. The molecule has 1 aliphatic carbocycles. The summed E-state index contributed by atoms with van der Waals surface area (Å²) in [5.41, 5.74) is 3.26. The van der Waals surface area contributed by atoms with E-state index >= 15 is 0 Å². The van der Waals surface area contributed by atoms with Crippen LogP contribution >= 0.6 is 11.6 Å². The standard InChI is InChI=1S/C19H23ClN4O2/c1-24-12-15(20)16(23-24)11-21-18(25)22-17-14-5-3-2-4-13(14)10-19(17)6-8-26-9-7-19/h2-5,12,17H,6-11H2,1H3,(H2,21,22,25). The normalized spacial score (nSPS) is 20.8. The number of amides is 2. The van der Waals surface area contributed by atoms with Crippen LogP contribution < -0.4 is 10.6 Å². The number of urea groups is 1. The molecule has 1 fully saturated rings. The van der Waals surface area contributed by atoms with Crippen LogP contribution in [0.2, 0.25) is 5.02 Å². The van der Waals surface area contributed by atoms with Gasteiger partial charge in [0.2, 0.25) is 0 Å². The van der Waals surface area contributed by atoms with Crippen LogP contribution in [0.25, 0.3) is 0 Å². The molecule has 4 rings (SSSR count). The fourth-order valence-electron chi connectivity index (χ4n) is 4.23. The highest BCUT2D eigenvalue weighted by molar-refractivity contribution is 6.31. The molecule has 0 saturated carbocycles. The van der Waals surface area contributed by atoms with E-state index in [4.69, 9.17) is 16.3 Å². The highest BCUT2D eigenvalue weighted by Gasteiger charge is 2.47. The molecular weight excluding hydrogens is 352 g/mol. The number of benzene rings is 1. The van der Waals surface area contributed by atoms with Crippen LogP contribution in [0.15, 0.2) is 30.5 Å². The molecule has 1 aliphatic heterocycles. The Bertz CT molecular complexity index is 814. The molecule has 1 aromatic carbocycles. The molecule has 1 atom stereocenters. The third kappa shape index (κ3) is 3.19. The minimum atomic E-state index is -0.195. The maximum atomic E-state index is 12.6. The van der Waals surface area contributed by atoms with Crippen molar-refractivity contribution < 1.29 is 9.53 Å². The highest BCUT2D eigenvalue weighted by atomic mass is 35.5. The van der Waals surface area contributed by atoms with E-state index in [0.717, 1.165) is 32.5 Å². The fraction of sp³-hybridized carbons (Fsp3) is 0.474. The quantitative estimate of drug-likeness (QED) is 0.867. The van der Waals surface area contributed by atoms with Crippen molar-refractivity contribution in [3.63, 3.8) is 0 Å². The summed E-state index contributed by atoms with van der Waals surface area (Å²) < 4.78 is 7.22. The van der Waals surface area contributed by atoms with Gasteiger partial charge in [-0.05, 0) is 30.4 Å². The van der Waals surface area contributed by atoms with Crippen molar-refractivity contribution in [1.82, 2.24) is 20.4 Å². The molecule has 0 radical (unpaired) electrons. The summed E-state index contributed by atoms with van der Waals surface area (Å²) in [6.45, 7) is 1.80. The lowest BCUT2D eigenvalue weighted by Gasteiger charge is -2.39. The second kappa shape index (κ2) is 6.93. The number of hydrogen-bond acceptors (Lipinski definition) is 3. The fourth-order valence-corrected chi connectivity index (χ4v) is 4.48. The predicted molar refractivity (Wildman–Crippen MR) is 99.0 cm³/mol. The Morgan fingerprint density at radius 3 is 2.88 bits per heavy atom. The van der Waals surface area contributed by atoms with E-state index in [2.05, 4.69) is 33.9 Å². The van der Waals surface area contributed by atoms with Crippen molar-refractivity contribution in [2.24, 2.45) is 12.5 Å². The molecule has 7 heteroatoms. The van der Waals surface area contributed by atoms with Gasteiger partial charge in [0.15, 0.2) is 0 Å². The van der Waals surface area contributed by atoms with Gasteiger partial charge in [-0.15, -0.1) is 0 Å². The summed E-state index contributed by atoms with van der Waals surface area (Å²) in [5.74, 6) is 0. The van der Waals surface area contributed by atoms with Gasteiger partial charge in [0, 0.05) is 31.9 Å². The second-order valence-electron chi connectivity index (χ2n) is 7.21. The molecule has 0 bridgehead atoms. The maximum Gasteiger partial charge on any atom is 0.315 e.